The second-order valence-electron chi connectivity index (χ2n) is 11.9. The Hall–Kier alpha value is -4.66. The first-order chi connectivity index (χ1) is 24.1. The molecular weight excluding hydrogens is 798 g/mol. The van der Waals surface area contributed by atoms with Crippen molar-refractivity contribution < 1.29 is 27.1 Å². The van der Waals surface area contributed by atoms with Gasteiger partial charge in [0.05, 0.1) is 0 Å². The SMILES string of the molecule is CC=C1COCC1=CC(=C([C]#[Os])[P+](c1ccccc1)(c1ccccc1)c1ccccc1)c1ccc2c(=O)c3ccc(/C=C/C)cc3oc2c1. The normalized spacial score (nSPS) is 15.7. The summed E-state index contributed by atoms with van der Waals surface area (Å²) >= 11 is 1.76. The molecule has 7 rings (SSSR count). The van der Waals surface area contributed by atoms with Crippen molar-refractivity contribution in [3.8, 4) is 4.37 Å². The van der Waals surface area contributed by atoms with E-state index < -0.39 is 7.26 Å². The first kappa shape index (κ1) is 32.9. The van der Waals surface area contributed by atoms with Crippen LogP contribution < -0.4 is 21.3 Å². The van der Waals surface area contributed by atoms with Gasteiger partial charge in [-0.3, -0.25) is 0 Å². The molecule has 5 aromatic carbocycles. The van der Waals surface area contributed by atoms with Crippen LogP contribution in [0.4, 0.5) is 0 Å². The van der Waals surface area contributed by atoms with Crippen LogP contribution in [0.15, 0.2) is 171 Å². The Balaban J connectivity index is 1.62. The van der Waals surface area contributed by atoms with Crippen molar-refractivity contribution in [1.29, 1.82) is 0 Å². The van der Waals surface area contributed by atoms with Gasteiger partial charge in [-0.1, -0.05) is 0 Å². The molecule has 49 heavy (non-hydrogen) atoms. The first-order valence-electron chi connectivity index (χ1n) is 16.3. The molecule has 0 saturated carbocycles. The van der Waals surface area contributed by atoms with Crippen molar-refractivity contribution in [2.75, 3.05) is 13.2 Å². The molecule has 0 N–H and O–H groups in total. The first-order valence-corrected chi connectivity index (χ1v) is 19.4. The summed E-state index contributed by atoms with van der Waals surface area (Å²) in [5, 5.41) is 5.96. The fraction of sp³-hybridized carbons (Fsp3) is 0.0909. The predicted molar refractivity (Wildman–Crippen MR) is 203 cm³/mol. The van der Waals surface area contributed by atoms with Crippen LogP contribution in [0.2, 0.25) is 0 Å². The fourth-order valence-corrected chi connectivity index (χ4v) is 12.6. The minimum absolute atomic E-state index is 0.0332. The van der Waals surface area contributed by atoms with Gasteiger partial charge in [0.2, 0.25) is 0 Å². The van der Waals surface area contributed by atoms with E-state index in [9.17, 15) is 4.79 Å². The van der Waals surface area contributed by atoms with Crippen molar-refractivity contribution in [3.63, 3.8) is 0 Å². The van der Waals surface area contributed by atoms with Gasteiger partial charge in [-0.05, 0) is 6.92 Å². The number of benzene rings is 5. The number of hydrogen-bond donors (Lipinski definition) is 0. The number of allylic oxidation sites excluding steroid dienone is 5. The molecule has 5 heteroatoms. The summed E-state index contributed by atoms with van der Waals surface area (Å²) in [6, 6.07) is 44.3. The fourth-order valence-electron chi connectivity index (χ4n) is 6.73. The van der Waals surface area contributed by atoms with E-state index in [-0.39, 0.29) is 5.43 Å². The molecular formula is C44H35O3OsP+. The average Bonchev–Trinajstić information content (AvgIpc) is 3.61. The Kier molecular flexibility index (Phi) is 9.69. The van der Waals surface area contributed by atoms with Gasteiger partial charge >= 0.3 is 292 Å². The molecule has 1 aliphatic heterocycles. The monoisotopic (exact) mass is 834 g/mol. The average molecular weight is 833 g/mol. The molecule has 0 aliphatic carbocycles. The Morgan fingerprint density at radius 2 is 1.27 bits per heavy atom. The van der Waals surface area contributed by atoms with E-state index in [0.29, 0.717) is 35.2 Å². The number of rotatable bonds is 7. The molecule has 0 unspecified atom stereocenters. The summed E-state index contributed by atoms with van der Waals surface area (Å²) < 4.78 is 16.3. The maximum absolute atomic E-state index is 13.8. The van der Waals surface area contributed by atoms with Crippen molar-refractivity contribution in [3.05, 3.63) is 183 Å². The molecule has 1 fully saturated rings. The van der Waals surface area contributed by atoms with Crippen LogP contribution in [0.5, 0.6) is 0 Å². The third-order valence-electron chi connectivity index (χ3n) is 9.07. The summed E-state index contributed by atoms with van der Waals surface area (Å²) in [7, 11) is -2.52. The molecule has 1 saturated heterocycles. The predicted octanol–water partition coefficient (Wildman–Crippen LogP) is 9.09. The number of ether oxygens (including phenoxy) is 1. The molecule has 0 radical (unpaired) electrons. The Bertz CT molecular complexity index is 2300. The standard InChI is InChI=1S/C44H35O3P.Os/c1-4-15-32-22-24-39-42(26-32)47-43-28-34(23-25-40(43)44(39)45)41(27-35-30-46-29-33(35)5-2)31(3)48(36-16-9-6-10-17-36,37-18-11-7-12-19-37)38-20-13-8-14-21-38;/h4-28H,29-30H2,1-2H3;/q+1;/b15-4+,33-5?,35-27?,41-31?;. The van der Waals surface area contributed by atoms with Crippen LogP contribution >= 0.6 is 7.26 Å². The molecule has 1 aliphatic rings. The zero-order valence-corrected chi connectivity index (χ0v) is 30.8. The molecule has 0 bridgehead atoms. The zero-order valence-electron chi connectivity index (χ0n) is 27.4. The molecule has 0 atom stereocenters. The quantitative estimate of drug-likeness (QED) is 0.119. The molecule has 3 nitrogen and oxygen atoms in total. The van der Waals surface area contributed by atoms with Gasteiger partial charge in [0.25, 0.3) is 0 Å². The van der Waals surface area contributed by atoms with Crippen molar-refractivity contribution >= 4 is 56.8 Å². The topological polar surface area (TPSA) is 39.4 Å². The van der Waals surface area contributed by atoms with E-state index in [1.165, 1.54) is 21.5 Å². The molecule has 6 aromatic rings. The van der Waals surface area contributed by atoms with Crippen LogP contribution in [-0.2, 0) is 22.7 Å². The summed E-state index contributed by atoms with van der Waals surface area (Å²) in [6.45, 7) is 5.15. The van der Waals surface area contributed by atoms with Gasteiger partial charge in [-0.2, -0.15) is 0 Å². The zero-order chi connectivity index (χ0) is 33.8. The molecule has 241 valence electrons. The van der Waals surface area contributed by atoms with E-state index in [1.54, 1.807) is 17.9 Å². The van der Waals surface area contributed by atoms with E-state index in [2.05, 4.69) is 121 Å². The van der Waals surface area contributed by atoms with Crippen molar-refractivity contribution in [2.45, 2.75) is 13.8 Å². The van der Waals surface area contributed by atoms with Gasteiger partial charge < -0.3 is 0 Å². The second-order valence-corrected chi connectivity index (χ2v) is 15.9. The molecule has 0 spiro atoms. The van der Waals surface area contributed by atoms with Crippen molar-refractivity contribution in [2.24, 2.45) is 0 Å². The second kappa shape index (κ2) is 14.4. The van der Waals surface area contributed by atoms with E-state index in [1.807, 2.05) is 49.4 Å². The van der Waals surface area contributed by atoms with E-state index in [0.717, 1.165) is 27.6 Å². The summed E-state index contributed by atoms with van der Waals surface area (Å²) in [5.74, 6) is 0. The molecule has 2 heterocycles. The number of hydrogen-bond acceptors (Lipinski definition) is 3. The minimum atomic E-state index is -2.52. The van der Waals surface area contributed by atoms with E-state index in [4.69, 9.17) is 9.15 Å². The third-order valence-corrected chi connectivity index (χ3v) is 14.4. The van der Waals surface area contributed by atoms with Crippen LogP contribution in [0, 0.1) is 4.37 Å². The van der Waals surface area contributed by atoms with Gasteiger partial charge in [0.1, 0.15) is 0 Å². The van der Waals surface area contributed by atoms with Gasteiger partial charge in [0.15, 0.2) is 0 Å². The third kappa shape index (κ3) is 6.08. The summed E-state index contributed by atoms with van der Waals surface area (Å²) in [6.07, 6.45) is 8.41. The Morgan fingerprint density at radius 1 is 0.714 bits per heavy atom. The van der Waals surface area contributed by atoms with Crippen LogP contribution in [0.3, 0.4) is 0 Å². The van der Waals surface area contributed by atoms with Crippen molar-refractivity contribution in [1.82, 2.24) is 0 Å². The summed E-state index contributed by atoms with van der Waals surface area (Å²) in [4.78, 5) is 13.8. The van der Waals surface area contributed by atoms with Gasteiger partial charge in [-0.15, -0.1) is 0 Å². The molecule has 1 aromatic heterocycles. The van der Waals surface area contributed by atoms with Gasteiger partial charge in [0, 0.05) is 0 Å². The van der Waals surface area contributed by atoms with Crippen LogP contribution in [0.1, 0.15) is 25.0 Å². The Morgan fingerprint density at radius 3 is 1.82 bits per heavy atom. The van der Waals surface area contributed by atoms with Crippen LogP contribution in [0.25, 0.3) is 33.6 Å². The Labute approximate surface area is 297 Å². The van der Waals surface area contributed by atoms with Gasteiger partial charge in [-0.25, -0.2) is 0 Å². The maximum atomic E-state index is 13.8. The molecule has 0 amide bonds. The van der Waals surface area contributed by atoms with Crippen LogP contribution in [-0.4, -0.2) is 13.2 Å². The summed E-state index contributed by atoms with van der Waals surface area (Å²) in [5.41, 5.74) is 6.38. The van der Waals surface area contributed by atoms with E-state index >= 15 is 0 Å². The number of fused-ring (bicyclic) bond motifs is 2.